The van der Waals surface area contributed by atoms with Crippen LogP contribution in [-0.2, 0) is 0 Å². The molecule has 15 heavy (non-hydrogen) atoms. The summed E-state index contributed by atoms with van der Waals surface area (Å²) in [5.41, 5.74) is 5.95. The molecule has 0 radical (unpaired) electrons. The maximum atomic E-state index is 13.8. The Labute approximate surface area is 91.9 Å². The number of rotatable bonds is 2. The Morgan fingerprint density at radius 3 is 3.00 bits per heavy atom. The molecule has 3 nitrogen and oxygen atoms in total. The summed E-state index contributed by atoms with van der Waals surface area (Å²) < 4.78 is 24.0. The number of fused-ring (bicyclic) bond motifs is 1. The molecular formula is C10H11ClFNO2. The molecule has 1 aliphatic heterocycles. The van der Waals surface area contributed by atoms with Crippen molar-refractivity contribution >= 4 is 11.6 Å². The molecule has 0 amide bonds. The van der Waals surface area contributed by atoms with Crippen molar-refractivity contribution in [2.75, 3.05) is 13.3 Å². The normalized spacial score (nSPS) is 15.5. The average Bonchev–Trinajstić information content (AvgIpc) is 2.70. The highest BCUT2D eigenvalue weighted by Crippen LogP contribution is 2.43. The molecule has 0 saturated carbocycles. The summed E-state index contributed by atoms with van der Waals surface area (Å²) in [5.74, 6) is 0.190. The van der Waals surface area contributed by atoms with E-state index in [0.717, 1.165) is 0 Å². The predicted molar refractivity (Wildman–Crippen MR) is 55.0 cm³/mol. The molecule has 0 aliphatic carbocycles. The van der Waals surface area contributed by atoms with E-state index in [1.807, 2.05) is 6.92 Å². The van der Waals surface area contributed by atoms with Crippen molar-refractivity contribution in [3.8, 4) is 11.5 Å². The first-order valence-corrected chi connectivity index (χ1v) is 5.00. The number of hydrogen-bond donors (Lipinski definition) is 1. The SMILES string of the molecule is CC(CN)c1cc2c(c(Cl)c1F)OCO2. The van der Waals surface area contributed by atoms with Crippen molar-refractivity contribution in [2.45, 2.75) is 12.8 Å². The third kappa shape index (κ3) is 1.64. The molecule has 1 atom stereocenters. The zero-order chi connectivity index (χ0) is 11.0. The van der Waals surface area contributed by atoms with E-state index in [2.05, 4.69) is 0 Å². The summed E-state index contributed by atoms with van der Waals surface area (Å²) in [6.45, 7) is 2.26. The van der Waals surface area contributed by atoms with Gasteiger partial charge in [0, 0.05) is 0 Å². The van der Waals surface area contributed by atoms with Crippen molar-refractivity contribution < 1.29 is 13.9 Å². The molecule has 82 valence electrons. The van der Waals surface area contributed by atoms with Crippen LogP contribution in [0.5, 0.6) is 11.5 Å². The van der Waals surface area contributed by atoms with Crippen LogP contribution in [0, 0.1) is 5.82 Å². The Balaban J connectivity index is 2.54. The average molecular weight is 232 g/mol. The number of halogens is 2. The van der Waals surface area contributed by atoms with Gasteiger partial charge in [0.15, 0.2) is 11.5 Å². The Morgan fingerprint density at radius 2 is 2.33 bits per heavy atom. The fourth-order valence-corrected chi connectivity index (χ4v) is 1.74. The Morgan fingerprint density at radius 1 is 1.60 bits per heavy atom. The van der Waals surface area contributed by atoms with Crippen LogP contribution in [0.1, 0.15) is 18.4 Å². The molecule has 0 aromatic heterocycles. The lowest BCUT2D eigenvalue weighted by Gasteiger charge is -2.12. The minimum atomic E-state index is -0.473. The second kappa shape index (κ2) is 3.87. The number of hydrogen-bond acceptors (Lipinski definition) is 3. The second-order valence-corrected chi connectivity index (χ2v) is 3.84. The summed E-state index contributed by atoms with van der Waals surface area (Å²) in [6, 6.07) is 1.60. The van der Waals surface area contributed by atoms with E-state index in [0.29, 0.717) is 17.9 Å². The zero-order valence-corrected chi connectivity index (χ0v) is 8.97. The molecular weight excluding hydrogens is 221 g/mol. The van der Waals surface area contributed by atoms with E-state index in [-0.39, 0.29) is 23.5 Å². The summed E-state index contributed by atoms with van der Waals surface area (Å²) in [7, 11) is 0. The van der Waals surface area contributed by atoms with E-state index in [1.54, 1.807) is 6.07 Å². The molecule has 1 unspecified atom stereocenters. The van der Waals surface area contributed by atoms with Crippen LogP contribution in [0.25, 0.3) is 0 Å². The summed E-state index contributed by atoms with van der Waals surface area (Å²) in [5, 5.41) is -0.0275. The lowest BCUT2D eigenvalue weighted by molar-refractivity contribution is 0.174. The van der Waals surface area contributed by atoms with Gasteiger partial charge in [-0.2, -0.15) is 0 Å². The molecule has 2 N–H and O–H groups in total. The van der Waals surface area contributed by atoms with Gasteiger partial charge < -0.3 is 15.2 Å². The van der Waals surface area contributed by atoms with Gasteiger partial charge in [-0.3, -0.25) is 0 Å². The van der Waals surface area contributed by atoms with E-state index in [1.165, 1.54) is 0 Å². The van der Waals surface area contributed by atoms with Gasteiger partial charge in [-0.25, -0.2) is 4.39 Å². The van der Waals surface area contributed by atoms with Gasteiger partial charge in [0.05, 0.1) is 0 Å². The topological polar surface area (TPSA) is 44.5 Å². The van der Waals surface area contributed by atoms with Crippen molar-refractivity contribution in [3.63, 3.8) is 0 Å². The van der Waals surface area contributed by atoms with Crippen LogP contribution in [0.3, 0.4) is 0 Å². The molecule has 0 spiro atoms. The third-order valence-corrected chi connectivity index (χ3v) is 2.80. The highest BCUT2D eigenvalue weighted by molar-refractivity contribution is 6.32. The van der Waals surface area contributed by atoms with Crippen LogP contribution < -0.4 is 15.2 Å². The zero-order valence-electron chi connectivity index (χ0n) is 8.22. The largest absolute Gasteiger partial charge is 0.454 e. The van der Waals surface area contributed by atoms with Crippen molar-refractivity contribution in [1.82, 2.24) is 0 Å². The van der Waals surface area contributed by atoms with E-state index >= 15 is 0 Å². The number of nitrogens with two attached hydrogens (primary N) is 1. The maximum Gasteiger partial charge on any atom is 0.231 e. The van der Waals surface area contributed by atoms with Gasteiger partial charge in [-0.1, -0.05) is 18.5 Å². The summed E-state index contributed by atoms with van der Waals surface area (Å²) in [4.78, 5) is 0. The highest BCUT2D eigenvalue weighted by atomic mass is 35.5. The van der Waals surface area contributed by atoms with Crippen molar-refractivity contribution in [1.29, 1.82) is 0 Å². The first-order chi connectivity index (χ1) is 7.15. The van der Waals surface area contributed by atoms with Crippen LogP contribution in [0.4, 0.5) is 4.39 Å². The standard InChI is InChI=1S/C10H11ClFNO2/c1-5(3-13)6-2-7-10(15-4-14-7)8(11)9(6)12/h2,5H,3-4,13H2,1H3. The van der Waals surface area contributed by atoms with Gasteiger partial charge in [0.1, 0.15) is 10.8 Å². The first-order valence-electron chi connectivity index (χ1n) is 4.62. The molecule has 5 heteroatoms. The fraction of sp³-hybridized carbons (Fsp3) is 0.400. The fourth-order valence-electron chi connectivity index (χ4n) is 1.48. The Bertz CT molecular complexity index is 397. The molecule has 1 heterocycles. The van der Waals surface area contributed by atoms with Crippen molar-refractivity contribution in [2.24, 2.45) is 5.73 Å². The summed E-state index contributed by atoms with van der Waals surface area (Å²) >= 11 is 5.82. The molecule has 0 fully saturated rings. The number of benzene rings is 1. The smallest absolute Gasteiger partial charge is 0.231 e. The second-order valence-electron chi connectivity index (χ2n) is 3.46. The van der Waals surface area contributed by atoms with E-state index in [9.17, 15) is 4.39 Å². The molecule has 0 bridgehead atoms. The van der Waals surface area contributed by atoms with E-state index in [4.69, 9.17) is 26.8 Å². The predicted octanol–water partition coefficient (Wildman–Crippen LogP) is 2.27. The quantitative estimate of drug-likeness (QED) is 0.849. The van der Waals surface area contributed by atoms with Crippen molar-refractivity contribution in [3.05, 3.63) is 22.5 Å². The van der Waals surface area contributed by atoms with Gasteiger partial charge in [0.25, 0.3) is 0 Å². The lowest BCUT2D eigenvalue weighted by Crippen LogP contribution is -2.10. The van der Waals surface area contributed by atoms with E-state index < -0.39 is 5.82 Å². The van der Waals surface area contributed by atoms with Crippen LogP contribution in [-0.4, -0.2) is 13.3 Å². The Kier molecular flexibility index (Phi) is 2.71. The maximum absolute atomic E-state index is 13.8. The summed E-state index contributed by atoms with van der Waals surface area (Å²) in [6.07, 6.45) is 0. The molecule has 0 saturated heterocycles. The third-order valence-electron chi connectivity index (χ3n) is 2.46. The minimum absolute atomic E-state index is 0.0275. The lowest BCUT2D eigenvalue weighted by atomic mass is 10.0. The first kappa shape index (κ1) is 10.5. The monoisotopic (exact) mass is 231 g/mol. The Hall–Kier alpha value is -1.00. The van der Waals surface area contributed by atoms with Gasteiger partial charge in [-0.15, -0.1) is 0 Å². The van der Waals surface area contributed by atoms with Crippen LogP contribution in [0.2, 0.25) is 5.02 Å². The molecule has 1 aromatic rings. The molecule has 1 aromatic carbocycles. The number of ether oxygens (including phenoxy) is 2. The highest BCUT2D eigenvalue weighted by Gasteiger charge is 2.25. The van der Waals surface area contributed by atoms with Gasteiger partial charge in [-0.05, 0) is 24.1 Å². The van der Waals surface area contributed by atoms with Crippen LogP contribution in [0.15, 0.2) is 6.07 Å². The molecule has 2 rings (SSSR count). The minimum Gasteiger partial charge on any atom is -0.454 e. The van der Waals surface area contributed by atoms with Gasteiger partial charge >= 0.3 is 0 Å². The molecule has 1 aliphatic rings. The van der Waals surface area contributed by atoms with Crippen LogP contribution >= 0.6 is 11.6 Å². The van der Waals surface area contributed by atoms with Gasteiger partial charge in [0.2, 0.25) is 6.79 Å².